The summed E-state index contributed by atoms with van der Waals surface area (Å²) in [6.45, 7) is 13.5. The number of benzene rings is 1. The van der Waals surface area contributed by atoms with Gasteiger partial charge in [-0.1, -0.05) is 36.4 Å². The molecular formula is C27H40BNO6. The molecule has 1 heterocycles. The van der Waals surface area contributed by atoms with Crippen molar-refractivity contribution in [3.8, 4) is 0 Å². The second-order valence-corrected chi connectivity index (χ2v) is 11.4. The third-order valence-electron chi connectivity index (χ3n) is 6.70. The largest absolute Gasteiger partial charge is 0.494 e. The lowest BCUT2D eigenvalue weighted by Gasteiger charge is -2.32. The van der Waals surface area contributed by atoms with Crippen LogP contribution < -0.4 is 10.8 Å². The molecule has 2 fully saturated rings. The zero-order valence-corrected chi connectivity index (χ0v) is 22.2. The fraction of sp³-hybridized carbons (Fsp3) is 0.630. The fourth-order valence-electron chi connectivity index (χ4n) is 4.00. The van der Waals surface area contributed by atoms with E-state index in [4.69, 9.17) is 18.8 Å². The molecule has 3 rings (SSSR count). The van der Waals surface area contributed by atoms with Crippen LogP contribution in [0.5, 0.6) is 0 Å². The average molecular weight is 485 g/mol. The van der Waals surface area contributed by atoms with Gasteiger partial charge in [-0.2, -0.15) is 0 Å². The standard InChI is InChI=1S/C27H40BNO6/c1-25(2,3)33-24(31)29-22(23(30)32-21-12-8-9-13-21)14-10-11-19-15-17-20(18-16-19)28-34-26(4,5)27(6,7)35-28/h10-11,15-18,21-22H,8-9,12-14H2,1-7H3,(H,29,31)/b11-10+/t22-/m1/s1. The summed E-state index contributed by atoms with van der Waals surface area (Å²) in [6, 6.07) is 7.10. The van der Waals surface area contributed by atoms with Crippen LogP contribution in [0, 0.1) is 0 Å². The number of carbonyl (C=O) groups excluding carboxylic acids is 2. The minimum atomic E-state index is -0.814. The van der Waals surface area contributed by atoms with Crippen LogP contribution in [-0.4, -0.2) is 48.1 Å². The number of rotatable bonds is 7. The highest BCUT2D eigenvalue weighted by atomic mass is 16.7. The topological polar surface area (TPSA) is 83.1 Å². The summed E-state index contributed by atoms with van der Waals surface area (Å²) in [6.07, 6.45) is 7.23. The molecule has 1 aliphatic heterocycles. The predicted octanol–water partition coefficient (Wildman–Crippen LogP) is 4.77. The molecule has 7 nitrogen and oxygen atoms in total. The second-order valence-electron chi connectivity index (χ2n) is 11.4. The van der Waals surface area contributed by atoms with Gasteiger partial charge in [-0.05, 0) is 91.6 Å². The van der Waals surface area contributed by atoms with E-state index < -0.39 is 30.8 Å². The van der Waals surface area contributed by atoms with E-state index in [0.717, 1.165) is 36.7 Å². The Labute approximate surface area is 210 Å². The quantitative estimate of drug-likeness (QED) is 0.443. The van der Waals surface area contributed by atoms with Gasteiger partial charge >= 0.3 is 19.2 Å². The summed E-state index contributed by atoms with van der Waals surface area (Å²) >= 11 is 0. The van der Waals surface area contributed by atoms with Crippen LogP contribution in [0.4, 0.5) is 4.79 Å². The van der Waals surface area contributed by atoms with Crippen molar-refractivity contribution in [3.63, 3.8) is 0 Å². The minimum Gasteiger partial charge on any atom is -0.461 e. The Balaban J connectivity index is 1.62. The van der Waals surface area contributed by atoms with E-state index in [9.17, 15) is 9.59 Å². The maximum absolute atomic E-state index is 12.8. The summed E-state index contributed by atoms with van der Waals surface area (Å²) in [5.74, 6) is -0.427. The van der Waals surface area contributed by atoms with Gasteiger partial charge in [0.1, 0.15) is 17.7 Å². The Morgan fingerprint density at radius 3 is 2.20 bits per heavy atom. The molecule has 1 amide bonds. The van der Waals surface area contributed by atoms with Crippen LogP contribution in [0.25, 0.3) is 6.08 Å². The van der Waals surface area contributed by atoms with Gasteiger partial charge in [0.2, 0.25) is 0 Å². The Hall–Kier alpha value is -2.32. The summed E-state index contributed by atoms with van der Waals surface area (Å²) < 4.78 is 23.2. The smallest absolute Gasteiger partial charge is 0.461 e. The van der Waals surface area contributed by atoms with Gasteiger partial charge in [0, 0.05) is 0 Å². The number of hydrogen-bond acceptors (Lipinski definition) is 6. The van der Waals surface area contributed by atoms with E-state index in [1.54, 1.807) is 20.8 Å². The average Bonchev–Trinajstić information content (AvgIpc) is 3.31. The fourth-order valence-corrected chi connectivity index (χ4v) is 4.00. The van der Waals surface area contributed by atoms with Crippen LogP contribution in [0.15, 0.2) is 30.3 Å². The van der Waals surface area contributed by atoms with E-state index in [1.807, 2.05) is 64.1 Å². The van der Waals surface area contributed by atoms with E-state index in [0.29, 0.717) is 6.42 Å². The van der Waals surface area contributed by atoms with E-state index in [2.05, 4.69) is 5.32 Å². The maximum Gasteiger partial charge on any atom is 0.494 e. The molecule has 35 heavy (non-hydrogen) atoms. The van der Waals surface area contributed by atoms with Crippen LogP contribution in [0.2, 0.25) is 0 Å². The summed E-state index contributed by atoms with van der Waals surface area (Å²) in [7, 11) is -0.411. The third-order valence-corrected chi connectivity index (χ3v) is 6.70. The van der Waals surface area contributed by atoms with E-state index in [1.165, 1.54) is 0 Å². The molecule has 0 unspecified atom stereocenters. The van der Waals surface area contributed by atoms with Crippen molar-refractivity contribution in [1.82, 2.24) is 5.32 Å². The number of carbonyl (C=O) groups is 2. The Kier molecular flexibility index (Phi) is 8.38. The van der Waals surface area contributed by atoms with Crippen molar-refractivity contribution in [2.75, 3.05) is 0 Å². The third kappa shape index (κ3) is 7.58. The lowest BCUT2D eigenvalue weighted by Crippen LogP contribution is -2.44. The molecule has 1 aromatic rings. The zero-order chi connectivity index (χ0) is 25.9. The highest BCUT2D eigenvalue weighted by Gasteiger charge is 2.51. The van der Waals surface area contributed by atoms with Gasteiger partial charge < -0.3 is 24.1 Å². The zero-order valence-electron chi connectivity index (χ0n) is 22.2. The molecule has 0 bridgehead atoms. The Morgan fingerprint density at radius 1 is 1.09 bits per heavy atom. The molecule has 1 aromatic carbocycles. The maximum atomic E-state index is 12.8. The number of nitrogens with one attached hydrogen (secondary N) is 1. The van der Waals surface area contributed by atoms with Crippen molar-refractivity contribution in [1.29, 1.82) is 0 Å². The van der Waals surface area contributed by atoms with Crippen molar-refractivity contribution in [2.24, 2.45) is 0 Å². The molecule has 1 atom stereocenters. The van der Waals surface area contributed by atoms with Crippen LogP contribution in [-0.2, 0) is 23.6 Å². The molecule has 0 spiro atoms. The molecule has 1 saturated heterocycles. The van der Waals surface area contributed by atoms with Crippen molar-refractivity contribution in [2.45, 2.75) is 110 Å². The summed E-state index contributed by atoms with van der Waals surface area (Å²) in [4.78, 5) is 25.1. The molecule has 1 aliphatic carbocycles. The Bertz CT molecular complexity index is 897. The molecular weight excluding hydrogens is 445 g/mol. The number of hydrogen-bond donors (Lipinski definition) is 1. The van der Waals surface area contributed by atoms with Crippen molar-refractivity contribution < 1.29 is 28.4 Å². The molecule has 8 heteroatoms. The lowest BCUT2D eigenvalue weighted by atomic mass is 9.79. The second kappa shape index (κ2) is 10.7. The first-order chi connectivity index (χ1) is 16.3. The minimum absolute atomic E-state index is 0.0723. The number of alkyl carbamates (subject to hydrolysis) is 1. The molecule has 1 N–H and O–H groups in total. The predicted molar refractivity (Wildman–Crippen MR) is 137 cm³/mol. The first-order valence-corrected chi connectivity index (χ1v) is 12.6. The first kappa shape index (κ1) is 27.3. The van der Waals surface area contributed by atoms with Crippen molar-refractivity contribution in [3.05, 3.63) is 35.9 Å². The molecule has 0 aromatic heterocycles. The van der Waals surface area contributed by atoms with Gasteiger partial charge in [0.25, 0.3) is 0 Å². The van der Waals surface area contributed by atoms with Gasteiger partial charge in [-0.25, -0.2) is 9.59 Å². The van der Waals surface area contributed by atoms with Gasteiger partial charge in [-0.3, -0.25) is 0 Å². The van der Waals surface area contributed by atoms with Crippen LogP contribution in [0.3, 0.4) is 0 Å². The molecule has 1 saturated carbocycles. The van der Waals surface area contributed by atoms with Gasteiger partial charge in [-0.15, -0.1) is 0 Å². The van der Waals surface area contributed by atoms with Gasteiger partial charge in [0.15, 0.2) is 0 Å². The molecule has 192 valence electrons. The van der Waals surface area contributed by atoms with Crippen LogP contribution >= 0.6 is 0 Å². The summed E-state index contributed by atoms with van der Waals surface area (Å²) in [5, 5.41) is 2.68. The number of esters is 1. The van der Waals surface area contributed by atoms with Crippen molar-refractivity contribution >= 4 is 30.7 Å². The SMILES string of the molecule is CC(C)(C)OC(=O)N[C@H](C/C=C/c1ccc(B2OC(C)(C)C(C)(C)O2)cc1)C(=O)OC1CCCC1. The van der Waals surface area contributed by atoms with Crippen LogP contribution in [0.1, 0.15) is 86.1 Å². The van der Waals surface area contributed by atoms with Gasteiger partial charge in [0.05, 0.1) is 11.2 Å². The molecule has 2 aliphatic rings. The number of amides is 1. The lowest BCUT2D eigenvalue weighted by molar-refractivity contribution is -0.151. The highest BCUT2D eigenvalue weighted by molar-refractivity contribution is 6.62. The first-order valence-electron chi connectivity index (χ1n) is 12.6. The monoisotopic (exact) mass is 485 g/mol. The Morgan fingerprint density at radius 2 is 1.66 bits per heavy atom. The summed E-state index contributed by atoms with van der Waals surface area (Å²) in [5.41, 5.74) is 0.480. The normalized spacial score (nSPS) is 20.7. The van der Waals surface area contributed by atoms with E-state index >= 15 is 0 Å². The highest BCUT2D eigenvalue weighted by Crippen LogP contribution is 2.36. The number of ether oxygens (including phenoxy) is 2. The molecule has 0 radical (unpaired) electrons. The van der Waals surface area contributed by atoms with E-state index in [-0.39, 0.29) is 17.3 Å².